The van der Waals surface area contributed by atoms with E-state index in [0.29, 0.717) is 19.0 Å². The summed E-state index contributed by atoms with van der Waals surface area (Å²) in [4.78, 5) is 23.5. The van der Waals surface area contributed by atoms with Crippen molar-refractivity contribution in [1.82, 2.24) is 10.2 Å². The largest absolute Gasteiger partial charge is 0.497 e. The minimum absolute atomic E-state index is 0.120. The number of guanidine groups is 1. The molecule has 0 bridgehead atoms. The quantitative estimate of drug-likeness (QED) is 0.613. The van der Waals surface area contributed by atoms with Gasteiger partial charge in [0.25, 0.3) is 0 Å². The lowest BCUT2D eigenvalue weighted by molar-refractivity contribution is -0.114. The number of nitrogens with zero attached hydrogens (tertiary/aromatic N) is 3. The van der Waals surface area contributed by atoms with Gasteiger partial charge in [0.15, 0.2) is 6.17 Å². The van der Waals surface area contributed by atoms with E-state index in [1.807, 2.05) is 48.5 Å². The summed E-state index contributed by atoms with van der Waals surface area (Å²) in [5.74, 6) is 2.04. The number of methoxy groups -OCH3 is 2. The molecule has 170 valence electrons. The van der Waals surface area contributed by atoms with Gasteiger partial charge in [0.2, 0.25) is 11.7 Å². The third-order valence-electron chi connectivity index (χ3n) is 5.33. The Kier molecular flexibility index (Phi) is 8.39. The van der Waals surface area contributed by atoms with E-state index in [2.05, 4.69) is 34.0 Å². The Morgan fingerprint density at radius 2 is 1.50 bits per heavy atom. The Morgan fingerprint density at radius 1 is 0.969 bits per heavy atom. The Balaban J connectivity index is 1.85. The molecule has 1 aliphatic heterocycles. The van der Waals surface area contributed by atoms with Gasteiger partial charge in [0, 0.05) is 19.1 Å². The Labute approximate surface area is 190 Å². The molecule has 32 heavy (non-hydrogen) atoms. The molecule has 1 N–H and O–H groups in total. The first kappa shape index (κ1) is 23.5. The molecule has 0 saturated heterocycles. The van der Waals surface area contributed by atoms with Crippen LogP contribution in [0.2, 0.25) is 0 Å². The molecule has 2 atom stereocenters. The lowest BCUT2D eigenvalue weighted by Gasteiger charge is -2.28. The molecule has 2 aromatic rings. The minimum atomic E-state index is -0.613. The van der Waals surface area contributed by atoms with E-state index in [1.165, 1.54) is 6.21 Å². The van der Waals surface area contributed by atoms with Crippen molar-refractivity contribution in [3.63, 3.8) is 0 Å². The second kappa shape index (κ2) is 11.4. The van der Waals surface area contributed by atoms with Gasteiger partial charge < -0.3 is 14.4 Å². The summed E-state index contributed by atoms with van der Waals surface area (Å²) in [5, 5.41) is 3.32. The zero-order valence-corrected chi connectivity index (χ0v) is 19.2. The smallest absolute Gasteiger partial charge is 0.223 e. The molecule has 3 rings (SSSR count). The van der Waals surface area contributed by atoms with Crippen molar-refractivity contribution in [2.45, 2.75) is 52.0 Å². The maximum atomic E-state index is 12.4. The van der Waals surface area contributed by atoms with E-state index in [0.717, 1.165) is 35.5 Å². The average molecular weight is 437 g/mol. The number of ketones is 1. The second-order valence-electron chi connectivity index (χ2n) is 7.90. The summed E-state index contributed by atoms with van der Waals surface area (Å²) in [7, 11) is 3.31. The monoisotopic (exact) mass is 436 g/mol. The number of rotatable bonds is 10. The normalized spacial score (nSPS) is 16.4. The fourth-order valence-electron chi connectivity index (χ4n) is 3.57. The van der Waals surface area contributed by atoms with Crippen molar-refractivity contribution in [3.8, 4) is 11.5 Å². The van der Waals surface area contributed by atoms with Crippen LogP contribution in [-0.2, 0) is 17.9 Å². The molecule has 7 nitrogen and oxygen atoms in total. The molecule has 1 aliphatic rings. The van der Waals surface area contributed by atoms with Crippen LogP contribution < -0.4 is 14.8 Å². The van der Waals surface area contributed by atoms with Gasteiger partial charge in [-0.2, -0.15) is 0 Å². The van der Waals surface area contributed by atoms with Crippen LogP contribution in [-0.4, -0.2) is 49.3 Å². The zero-order valence-electron chi connectivity index (χ0n) is 19.2. The summed E-state index contributed by atoms with van der Waals surface area (Å²) < 4.78 is 10.5. The molecular weight excluding hydrogens is 404 g/mol. The first-order valence-corrected chi connectivity index (χ1v) is 10.9. The number of Topliss-reactive ketones (excluding diaryl/α,β-unsaturated/α-hetero) is 1. The van der Waals surface area contributed by atoms with Crippen LogP contribution >= 0.6 is 0 Å². The van der Waals surface area contributed by atoms with Gasteiger partial charge in [-0.15, -0.1) is 0 Å². The molecule has 0 fully saturated rings. The van der Waals surface area contributed by atoms with Gasteiger partial charge in [0.05, 0.1) is 20.4 Å². The third kappa shape index (κ3) is 6.40. The van der Waals surface area contributed by atoms with Gasteiger partial charge >= 0.3 is 0 Å². The first-order chi connectivity index (χ1) is 15.5. The number of carbonyl (C=O) groups is 1. The van der Waals surface area contributed by atoms with E-state index in [9.17, 15) is 4.79 Å². The van der Waals surface area contributed by atoms with Crippen molar-refractivity contribution in [3.05, 3.63) is 59.7 Å². The Bertz CT molecular complexity index is 889. The zero-order chi connectivity index (χ0) is 22.9. The van der Waals surface area contributed by atoms with Gasteiger partial charge in [-0.3, -0.25) is 10.1 Å². The average Bonchev–Trinajstić information content (AvgIpc) is 2.81. The number of aliphatic imine (C=N–C) groups is 2. The van der Waals surface area contributed by atoms with Crippen LogP contribution in [0.5, 0.6) is 11.5 Å². The summed E-state index contributed by atoms with van der Waals surface area (Å²) in [5.41, 5.74) is 2.19. The van der Waals surface area contributed by atoms with Crippen molar-refractivity contribution >= 4 is 18.0 Å². The summed E-state index contributed by atoms with van der Waals surface area (Å²) in [6.45, 7) is 5.39. The molecule has 0 spiro atoms. The molecule has 0 aliphatic carbocycles. The van der Waals surface area contributed by atoms with Crippen LogP contribution in [0.1, 0.15) is 37.8 Å². The number of ether oxygens (including phenoxy) is 2. The molecule has 0 saturated carbocycles. The maximum Gasteiger partial charge on any atom is 0.223 e. The number of hydrogen-bond donors (Lipinski definition) is 1. The van der Waals surface area contributed by atoms with Crippen molar-refractivity contribution in [1.29, 1.82) is 0 Å². The predicted octanol–water partition coefficient (Wildman–Crippen LogP) is 3.82. The van der Waals surface area contributed by atoms with Crippen molar-refractivity contribution in [2.24, 2.45) is 9.98 Å². The van der Waals surface area contributed by atoms with Gasteiger partial charge in [-0.1, -0.05) is 37.6 Å². The molecule has 2 unspecified atom stereocenters. The number of nitrogens with one attached hydrogen (secondary N) is 1. The highest BCUT2D eigenvalue weighted by Crippen LogP contribution is 2.18. The fourth-order valence-corrected chi connectivity index (χ4v) is 3.57. The lowest BCUT2D eigenvalue weighted by atomic mass is 10.1. The van der Waals surface area contributed by atoms with Crippen molar-refractivity contribution in [2.75, 3.05) is 14.2 Å². The van der Waals surface area contributed by atoms with Crippen LogP contribution in [0.4, 0.5) is 0 Å². The molecule has 2 aromatic carbocycles. The highest BCUT2D eigenvalue weighted by molar-refractivity contribution is 6.33. The fraction of sp³-hybridized carbons (Fsp3) is 0.400. The number of hydrogen-bond acceptors (Lipinski definition) is 7. The molecule has 1 heterocycles. The van der Waals surface area contributed by atoms with E-state index >= 15 is 0 Å². The molecule has 0 amide bonds. The predicted molar refractivity (Wildman–Crippen MR) is 127 cm³/mol. The number of carbonyl (C=O) groups excluding carboxylic acids is 1. The molecule has 7 heteroatoms. The van der Waals surface area contributed by atoms with E-state index in [-0.39, 0.29) is 11.8 Å². The van der Waals surface area contributed by atoms with Crippen LogP contribution in [0.15, 0.2) is 58.5 Å². The molecular formula is C25H32N4O3. The lowest BCUT2D eigenvalue weighted by Crippen LogP contribution is -2.45. The SMILES string of the molecule is CCCC(C)NC1N=C(N(Cc2ccc(OC)cc2)Cc2ccc(OC)cc2)N=CC1=O. The standard InChI is InChI=1S/C25H32N4O3/c1-5-6-18(2)27-24-23(30)15-26-25(28-24)29(16-19-7-11-21(31-3)12-8-19)17-20-9-13-22(32-4)14-10-20/h7-15,18,24,27H,5-6,16-17H2,1-4H3. The summed E-state index contributed by atoms with van der Waals surface area (Å²) in [6.07, 6.45) is 2.79. The van der Waals surface area contributed by atoms with Crippen LogP contribution in [0.25, 0.3) is 0 Å². The van der Waals surface area contributed by atoms with Crippen molar-refractivity contribution < 1.29 is 14.3 Å². The van der Waals surface area contributed by atoms with E-state index < -0.39 is 6.17 Å². The van der Waals surface area contributed by atoms with Gasteiger partial charge in [-0.25, -0.2) is 9.98 Å². The highest BCUT2D eigenvalue weighted by atomic mass is 16.5. The van der Waals surface area contributed by atoms with E-state index in [1.54, 1.807) is 14.2 Å². The van der Waals surface area contributed by atoms with Crippen LogP contribution in [0.3, 0.4) is 0 Å². The maximum absolute atomic E-state index is 12.4. The molecule has 0 aromatic heterocycles. The minimum Gasteiger partial charge on any atom is -0.497 e. The second-order valence-corrected chi connectivity index (χ2v) is 7.90. The topological polar surface area (TPSA) is 75.5 Å². The van der Waals surface area contributed by atoms with Gasteiger partial charge in [0.1, 0.15) is 11.5 Å². The van der Waals surface area contributed by atoms with Gasteiger partial charge in [-0.05, 0) is 48.7 Å². The first-order valence-electron chi connectivity index (χ1n) is 10.9. The van der Waals surface area contributed by atoms with Crippen LogP contribution in [0, 0.1) is 0 Å². The third-order valence-corrected chi connectivity index (χ3v) is 5.33. The highest BCUT2D eigenvalue weighted by Gasteiger charge is 2.25. The Morgan fingerprint density at radius 3 is 1.97 bits per heavy atom. The Hall–Kier alpha value is -3.19. The molecule has 0 radical (unpaired) electrons. The number of benzene rings is 2. The van der Waals surface area contributed by atoms with E-state index in [4.69, 9.17) is 9.47 Å². The summed E-state index contributed by atoms with van der Waals surface area (Å²) >= 11 is 0. The summed E-state index contributed by atoms with van der Waals surface area (Å²) in [6, 6.07) is 16.0.